The minimum absolute atomic E-state index is 0.549. The molecule has 0 amide bonds. The van der Waals surface area contributed by atoms with Gasteiger partial charge in [0.25, 0.3) is 0 Å². The van der Waals surface area contributed by atoms with Crippen LogP contribution in [0.15, 0.2) is 77.0 Å². The average molecular weight is 338 g/mol. The Bertz CT molecular complexity index is 764. The molecule has 1 heterocycles. The molecule has 0 aliphatic heterocycles. The summed E-state index contributed by atoms with van der Waals surface area (Å²) in [6, 6.07) is 18.1. The molecule has 5 heteroatoms. The standard InChI is InChI=1S/C19H18N2O2S/c1-22-11-12-23-16-7-9-17(10-8-16)24-19-18(13-20-14-21-19)15-5-3-2-4-6-15/h2-10,13-14H,11-12H2,1H3. The predicted octanol–water partition coefficient (Wildman–Crippen LogP) is 4.32. The number of nitrogens with zero attached hydrogens (tertiary/aromatic N) is 2. The largest absolute Gasteiger partial charge is 0.491 e. The van der Waals surface area contributed by atoms with E-state index in [9.17, 15) is 0 Å². The predicted molar refractivity (Wildman–Crippen MR) is 95.4 cm³/mol. The highest BCUT2D eigenvalue weighted by atomic mass is 32.2. The van der Waals surface area contributed by atoms with Crippen LogP contribution in [0.25, 0.3) is 11.1 Å². The van der Waals surface area contributed by atoms with Gasteiger partial charge in [0.2, 0.25) is 0 Å². The third kappa shape index (κ3) is 4.34. The number of aromatic nitrogens is 2. The van der Waals surface area contributed by atoms with E-state index in [0.717, 1.165) is 26.8 Å². The summed E-state index contributed by atoms with van der Waals surface area (Å²) in [6.07, 6.45) is 3.43. The molecular formula is C19H18N2O2S. The molecule has 0 saturated carbocycles. The highest BCUT2D eigenvalue weighted by Crippen LogP contribution is 2.34. The normalized spacial score (nSPS) is 10.5. The Labute approximate surface area is 145 Å². The lowest BCUT2D eigenvalue weighted by atomic mass is 10.1. The first kappa shape index (κ1) is 16.5. The molecule has 0 saturated heterocycles. The molecule has 122 valence electrons. The van der Waals surface area contributed by atoms with Gasteiger partial charge in [0, 0.05) is 23.8 Å². The summed E-state index contributed by atoms with van der Waals surface area (Å²) in [7, 11) is 1.66. The van der Waals surface area contributed by atoms with Crippen molar-refractivity contribution in [3.63, 3.8) is 0 Å². The average Bonchev–Trinajstić information content (AvgIpc) is 2.65. The summed E-state index contributed by atoms with van der Waals surface area (Å²) in [5, 5.41) is 0.934. The van der Waals surface area contributed by atoms with Gasteiger partial charge < -0.3 is 9.47 Å². The molecule has 0 spiro atoms. The lowest BCUT2D eigenvalue weighted by Gasteiger charge is -2.09. The molecule has 0 N–H and O–H groups in total. The Kier molecular flexibility index (Phi) is 5.82. The molecule has 3 rings (SSSR count). The van der Waals surface area contributed by atoms with Gasteiger partial charge in [-0.05, 0) is 29.8 Å². The van der Waals surface area contributed by atoms with Crippen molar-refractivity contribution >= 4 is 11.8 Å². The summed E-state index contributed by atoms with van der Waals surface area (Å²) < 4.78 is 10.6. The van der Waals surface area contributed by atoms with Crippen LogP contribution >= 0.6 is 11.8 Å². The Morgan fingerprint density at radius 2 is 1.75 bits per heavy atom. The van der Waals surface area contributed by atoms with Gasteiger partial charge in [-0.15, -0.1) is 0 Å². The van der Waals surface area contributed by atoms with Crippen molar-refractivity contribution in [3.05, 3.63) is 67.1 Å². The van der Waals surface area contributed by atoms with E-state index in [1.54, 1.807) is 25.2 Å². The van der Waals surface area contributed by atoms with Gasteiger partial charge in [0.15, 0.2) is 0 Å². The van der Waals surface area contributed by atoms with Crippen LogP contribution < -0.4 is 4.74 Å². The summed E-state index contributed by atoms with van der Waals surface area (Å²) in [6.45, 7) is 1.13. The topological polar surface area (TPSA) is 44.2 Å². The van der Waals surface area contributed by atoms with E-state index in [2.05, 4.69) is 22.1 Å². The van der Waals surface area contributed by atoms with Crippen molar-refractivity contribution in [3.8, 4) is 16.9 Å². The molecule has 2 aromatic carbocycles. The molecule has 0 radical (unpaired) electrons. The molecule has 4 nitrogen and oxygen atoms in total. The Morgan fingerprint density at radius 3 is 2.50 bits per heavy atom. The number of ether oxygens (including phenoxy) is 2. The van der Waals surface area contributed by atoms with Gasteiger partial charge in [-0.2, -0.15) is 0 Å². The maximum absolute atomic E-state index is 5.58. The fraction of sp³-hybridized carbons (Fsp3) is 0.158. The van der Waals surface area contributed by atoms with Gasteiger partial charge in [-0.1, -0.05) is 42.1 Å². The highest BCUT2D eigenvalue weighted by Gasteiger charge is 2.08. The van der Waals surface area contributed by atoms with Crippen molar-refractivity contribution in [2.45, 2.75) is 9.92 Å². The van der Waals surface area contributed by atoms with Gasteiger partial charge in [0.1, 0.15) is 23.7 Å². The second kappa shape index (κ2) is 8.47. The summed E-state index contributed by atoms with van der Waals surface area (Å²) >= 11 is 1.61. The van der Waals surface area contributed by atoms with Gasteiger partial charge >= 0.3 is 0 Å². The molecule has 24 heavy (non-hydrogen) atoms. The Morgan fingerprint density at radius 1 is 0.958 bits per heavy atom. The fourth-order valence-electron chi connectivity index (χ4n) is 2.17. The molecular weight excluding hydrogens is 320 g/mol. The van der Waals surface area contributed by atoms with E-state index in [0.29, 0.717) is 13.2 Å². The van der Waals surface area contributed by atoms with Gasteiger partial charge in [-0.25, -0.2) is 9.97 Å². The van der Waals surface area contributed by atoms with E-state index in [1.165, 1.54) is 0 Å². The second-order valence-electron chi connectivity index (χ2n) is 5.02. The first-order valence-electron chi connectivity index (χ1n) is 7.62. The van der Waals surface area contributed by atoms with Crippen LogP contribution in [0.2, 0.25) is 0 Å². The minimum atomic E-state index is 0.549. The summed E-state index contributed by atoms with van der Waals surface area (Å²) in [4.78, 5) is 9.70. The van der Waals surface area contributed by atoms with Gasteiger partial charge in [-0.3, -0.25) is 0 Å². The monoisotopic (exact) mass is 338 g/mol. The van der Waals surface area contributed by atoms with Crippen LogP contribution in [0.5, 0.6) is 5.75 Å². The molecule has 0 aliphatic carbocycles. The maximum Gasteiger partial charge on any atom is 0.119 e. The molecule has 0 fully saturated rings. The third-order valence-corrected chi connectivity index (χ3v) is 4.38. The molecule has 3 aromatic rings. The van der Waals surface area contributed by atoms with Crippen LogP contribution in [0.1, 0.15) is 0 Å². The van der Waals surface area contributed by atoms with Crippen LogP contribution in [0.3, 0.4) is 0 Å². The molecule has 0 unspecified atom stereocenters. The Balaban J connectivity index is 1.75. The zero-order valence-corrected chi connectivity index (χ0v) is 14.2. The number of hydrogen-bond acceptors (Lipinski definition) is 5. The van der Waals surface area contributed by atoms with E-state index >= 15 is 0 Å². The zero-order valence-electron chi connectivity index (χ0n) is 13.4. The van der Waals surface area contributed by atoms with Gasteiger partial charge in [0.05, 0.1) is 6.61 Å². The number of benzene rings is 2. The summed E-state index contributed by atoms with van der Waals surface area (Å²) in [5.74, 6) is 0.836. The van der Waals surface area contributed by atoms with Crippen molar-refractivity contribution in [1.29, 1.82) is 0 Å². The van der Waals surface area contributed by atoms with Crippen LogP contribution in [-0.2, 0) is 4.74 Å². The number of rotatable bonds is 7. The smallest absolute Gasteiger partial charge is 0.119 e. The molecule has 0 atom stereocenters. The molecule has 0 bridgehead atoms. The lowest BCUT2D eigenvalue weighted by molar-refractivity contribution is 0.146. The maximum atomic E-state index is 5.58. The first-order valence-corrected chi connectivity index (χ1v) is 8.43. The number of methoxy groups -OCH3 is 1. The highest BCUT2D eigenvalue weighted by molar-refractivity contribution is 7.99. The third-order valence-electron chi connectivity index (χ3n) is 3.35. The van der Waals surface area contributed by atoms with E-state index in [-0.39, 0.29) is 0 Å². The Hall–Kier alpha value is -2.37. The summed E-state index contributed by atoms with van der Waals surface area (Å²) in [5.41, 5.74) is 2.14. The lowest BCUT2D eigenvalue weighted by Crippen LogP contribution is -2.03. The van der Waals surface area contributed by atoms with E-state index < -0.39 is 0 Å². The fourth-order valence-corrected chi connectivity index (χ4v) is 3.05. The first-order chi connectivity index (χ1) is 11.9. The quantitative estimate of drug-likeness (QED) is 0.474. The SMILES string of the molecule is COCCOc1ccc(Sc2ncncc2-c2ccccc2)cc1. The minimum Gasteiger partial charge on any atom is -0.491 e. The molecule has 0 aliphatic rings. The van der Waals surface area contributed by atoms with Crippen molar-refractivity contribution < 1.29 is 9.47 Å². The second-order valence-corrected chi connectivity index (χ2v) is 6.08. The van der Waals surface area contributed by atoms with Crippen LogP contribution in [0, 0.1) is 0 Å². The van der Waals surface area contributed by atoms with Crippen molar-refractivity contribution in [2.24, 2.45) is 0 Å². The van der Waals surface area contributed by atoms with Crippen molar-refractivity contribution in [2.75, 3.05) is 20.3 Å². The van der Waals surface area contributed by atoms with Crippen molar-refractivity contribution in [1.82, 2.24) is 9.97 Å². The van der Waals surface area contributed by atoms with Crippen LogP contribution in [-0.4, -0.2) is 30.3 Å². The zero-order chi connectivity index (χ0) is 16.6. The van der Waals surface area contributed by atoms with E-state index in [1.807, 2.05) is 48.7 Å². The molecule has 1 aromatic heterocycles. The number of hydrogen-bond donors (Lipinski definition) is 0. The van der Waals surface area contributed by atoms with E-state index in [4.69, 9.17) is 9.47 Å². The van der Waals surface area contributed by atoms with Crippen LogP contribution in [0.4, 0.5) is 0 Å².